The van der Waals surface area contributed by atoms with Gasteiger partial charge < -0.3 is 16.0 Å². The number of nitrogens with one attached hydrogen (secondary N) is 1. The summed E-state index contributed by atoms with van der Waals surface area (Å²) in [6.45, 7) is 9.98. The van der Waals surface area contributed by atoms with E-state index in [2.05, 4.69) is 10.2 Å². The lowest BCUT2D eigenvalue weighted by Crippen LogP contribution is -2.47. The lowest BCUT2D eigenvalue weighted by atomic mass is 9.94. The number of piperidine rings is 1. The molecule has 0 bridgehead atoms. The van der Waals surface area contributed by atoms with E-state index in [-0.39, 0.29) is 17.4 Å². The van der Waals surface area contributed by atoms with Crippen LogP contribution in [-0.2, 0) is 4.79 Å². The molecule has 0 spiro atoms. The molecular formula is C13H27N3O. The summed E-state index contributed by atoms with van der Waals surface area (Å²) < 4.78 is 0. The first-order valence-corrected chi connectivity index (χ1v) is 6.67. The molecule has 1 saturated heterocycles. The third kappa shape index (κ3) is 5.50. The van der Waals surface area contributed by atoms with Crippen molar-refractivity contribution in [3.05, 3.63) is 0 Å². The fraction of sp³-hybridized carbons (Fsp3) is 0.923. The Morgan fingerprint density at radius 2 is 1.94 bits per heavy atom. The fourth-order valence-corrected chi connectivity index (χ4v) is 2.21. The molecule has 1 rings (SSSR count). The predicted molar refractivity (Wildman–Crippen MR) is 70.7 cm³/mol. The van der Waals surface area contributed by atoms with Crippen molar-refractivity contribution < 1.29 is 4.79 Å². The Balaban J connectivity index is 2.29. The van der Waals surface area contributed by atoms with Crippen molar-refractivity contribution in [3.63, 3.8) is 0 Å². The summed E-state index contributed by atoms with van der Waals surface area (Å²) in [5.74, 6) is 0.416. The van der Waals surface area contributed by atoms with Gasteiger partial charge in [-0.2, -0.15) is 0 Å². The first-order chi connectivity index (χ1) is 7.92. The summed E-state index contributed by atoms with van der Waals surface area (Å²) in [5.41, 5.74) is 5.38. The maximum Gasteiger partial charge on any atom is 0.223 e. The van der Waals surface area contributed by atoms with Crippen LogP contribution in [0.3, 0.4) is 0 Å². The van der Waals surface area contributed by atoms with Crippen LogP contribution in [0.15, 0.2) is 0 Å². The molecule has 1 heterocycles. The molecule has 3 N–H and O–H groups in total. The van der Waals surface area contributed by atoms with E-state index < -0.39 is 0 Å². The van der Waals surface area contributed by atoms with Crippen LogP contribution < -0.4 is 11.1 Å². The van der Waals surface area contributed by atoms with Crippen molar-refractivity contribution in [1.82, 2.24) is 10.2 Å². The highest BCUT2D eigenvalue weighted by Crippen LogP contribution is 2.18. The van der Waals surface area contributed by atoms with E-state index in [1.54, 1.807) is 0 Å². The lowest BCUT2D eigenvalue weighted by Gasteiger charge is -2.32. The number of nitrogens with two attached hydrogens (primary N) is 1. The van der Waals surface area contributed by atoms with Gasteiger partial charge in [0.25, 0.3) is 0 Å². The van der Waals surface area contributed by atoms with E-state index in [0.29, 0.717) is 0 Å². The van der Waals surface area contributed by atoms with Gasteiger partial charge in [0.05, 0.1) is 0 Å². The average Bonchev–Trinajstić information content (AvgIpc) is 2.24. The molecule has 0 aliphatic carbocycles. The average molecular weight is 241 g/mol. The summed E-state index contributed by atoms with van der Waals surface area (Å²) in [6, 6.07) is 0. The number of hydrogen-bond donors (Lipinski definition) is 2. The Hall–Kier alpha value is -0.610. The molecule has 0 unspecified atom stereocenters. The van der Waals surface area contributed by atoms with Crippen LogP contribution in [0.4, 0.5) is 0 Å². The fourth-order valence-electron chi connectivity index (χ4n) is 2.21. The van der Waals surface area contributed by atoms with E-state index in [0.717, 1.165) is 45.4 Å². The van der Waals surface area contributed by atoms with Gasteiger partial charge in [-0.1, -0.05) is 0 Å². The molecular weight excluding hydrogens is 214 g/mol. The van der Waals surface area contributed by atoms with Crippen molar-refractivity contribution in [1.29, 1.82) is 0 Å². The molecule has 0 saturated carbocycles. The molecule has 17 heavy (non-hydrogen) atoms. The van der Waals surface area contributed by atoms with Crippen LogP contribution in [0.5, 0.6) is 0 Å². The van der Waals surface area contributed by atoms with Crippen LogP contribution in [0.1, 0.15) is 40.0 Å². The van der Waals surface area contributed by atoms with Gasteiger partial charge in [0, 0.05) is 11.5 Å². The highest BCUT2D eigenvalue weighted by molar-refractivity contribution is 5.79. The van der Waals surface area contributed by atoms with Crippen LogP contribution in [0.25, 0.3) is 0 Å². The summed E-state index contributed by atoms with van der Waals surface area (Å²) in [6.07, 6.45) is 3.01. The normalized spacial score (nSPS) is 19.3. The van der Waals surface area contributed by atoms with Gasteiger partial charge in [0.2, 0.25) is 5.91 Å². The number of hydrogen-bond acceptors (Lipinski definition) is 3. The maximum absolute atomic E-state index is 12.0. The summed E-state index contributed by atoms with van der Waals surface area (Å²) in [5, 5.41) is 3.07. The number of amides is 1. The van der Waals surface area contributed by atoms with E-state index in [1.807, 2.05) is 20.8 Å². The Bertz CT molecular complexity index is 240. The van der Waals surface area contributed by atoms with E-state index in [9.17, 15) is 4.79 Å². The molecule has 0 aromatic carbocycles. The smallest absolute Gasteiger partial charge is 0.223 e. The van der Waals surface area contributed by atoms with E-state index >= 15 is 0 Å². The Labute approximate surface area is 105 Å². The summed E-state index contributed by atoms with van der Waals surface area (Å²) in [4.78, 5) is 14.4. The quantitative estimate of drug-likeness (QED) is 0.771. The summed E-state index contributed by atoms with van der Waals surface area (Å²) >= 11 is 0. The largest absolute Gasteiger partial charge is 0.351 e. The zero-order chi connectivity index (χ0) is 12.9. The monoisotopic (exact) mass is 241 g/mol. The molecule has 0 aromatic rings. The predicted octanol–water partition coefficient (Wildman–Crippen LogP) is 0.962. The van der Waals surface area contributed by atoms with E-state index in [1.165, 1.54) is 0 Å². The lowest BCUT2D eigenvalue weighted by molar-refractivity contribution is -0.127. The van der Waals surface area contributed by atoms with Crippen molar-refractivity contribution >= 4 is 5.91 Å². The highest BCUT2D eigenvalue weighted by atomic mass is 16.2. The van der Waals surface area contributed by atoms with Gasteiger partial charge in [-0.3, -0.25) is 4.79 Å². The van der Waals surface area contributed by atoms with Crippen molar-refractivity contribution in [3.8, 4) is 0 Å². The second-order valence-corrected chi connectivity index (χ2v) is 6.00. The van der Waals surface area contributed by atoms with Gasteiger partial charge in [-0.15, -0.1) is 0 Å². The highest BCUT2D eigenvalue weighted by Gasteiger charge is 2.26. The summed E-state index contributed by atoms with van der Waals surface area (Å²) in [7, 11) is 0. The zero-order valence-corrected chi connectivity index (χ0v) is 11.5. The molecule has 1 fully saturated rings. The Morgan fingerprint density at radius 1 is 1.35 bits per heavy atom. The number of rotatable bonds is 4. The number of carbonyl (C=O) groups is 1. The molecule has 1 amide bonds. The third-order valence-corrected chi connectivity index (χ3v) is 3.14. The van der Waals surface area contributed by atoms with Gasteiger partial charge in [-0.05, 0) is 66.2 Å². The molecule has 1 aliphatic heterocycles. The first kappa shape index (κ1) is 14.5. The SMILES string of the molecule is CC(C)(C)NC(=O)C1CCN(CCCN)CC1. The minimum Gasteiger partial charge on any atom is -0.351 e. The minimum absolute atomic E-state index is 0.117. The van der Waals surface area contributed by atoms with Crippen molar-refractivity contribution in [2.24, 2.45) is 11.7 Å². The molecule has 1 aliphatic rings. The molecule has 100 valence electrons. The van der Waals surface area contributed by atoms with Gasteiger partial charge in [-0.25, -0.2) is 0 Å². The van der Waals surface area contributed by atoms with Crippen LogP contribution in [0, 0.1) is 5.92 Å². The molecule has 4 heteroatoms. The second-order valence-electron chi connectivity index (χ2n) is 6.00. The van der Waals surface area contributed by atoms with Crippen molar-refractivity contribution in [2.75, 3.05) is 26.2 Å². The maximum atomic E-state index is 12.0. The second kappa shape index (κ2) is 6.36. The zero-order valence-electron chi connectivity index (χ0n) is 11.5. The van der Waals surface area contributed by atoms with Crippen molar-refractivity contribution in [2.45, 2.75) is 45.6 Å². The topological polar surface area (TPSA) is 58.4 Å². The van der Waals surface area contributed by atoms with Crippen LogP contribution in [-0.4, -0.2) is 42.5 Å². The number of likely N-dealkylation sites (tertiary alicyclic amines) is 1. The first-order valence-electron chi connectivity index (χ1n) is 6.67. The molecule has 0 aromatic heterocycles. The number of nitrogens with zero attached hydrogens (tertiary/aromatic N) is 1. The van der Waals surface area contributed by atoms with Crippen LogP contribution >= 0.6 is 0 Å². The Morgan fingerprint density at radius 3 is 2.41 bits per heavy atom. The third-order valence-electron chi connectivity index (χ3n) is 3.14. The van der Waals surface area contributed by atoms with Gasteiger partial charge >= 0.3 is 0 Å². The molecule has 4 nitrogen and oxygen atoms in total. The standard InChI is InChI=1S/C13H27N3O/c1-13(2,3)15-12(17)11-5-9-16(10-6-11)8-4-7-14/h11H,4-10,14H2,1-3H3,(H,15,17). The molecule has 0 atom stereocenters. The van der Waals surface area contributed by atoms with Gasteiger partial charge in [0.15, 0.2) is 0 Å². The minimum atomic E-state index is -0.117. The number of carbonyl (C=O) groups excluding carboxylic acids is 1. The van der Waals surface area contributed by atoms with Crippen LogP contribution in [0.2, 0.25) is 0 Å². The van der Waals surface area contributed by atoms with E-state index in [4.69, 9.17) is 5.73 Å². The van der Waals surface area contributed by atoms with Gasteiger partial charge in [0.1, 0.15) is 0 Å². The Kier molecular flexibility index (Phi) is 5.40. The molecule has 0 radical (unpaired) electrons.